The molecule has 4 rings (SSSR count). The van der Waals surface area contributed by atoms with Crippen molar-refractivity contribution < 1.29 is 9.47 Å². The number of para-hydroxylation sites is 2. The SMILES string of the molecule is COc1ccccc1Nc1cnnc(Nc2ccc(OCc3ccccc3)cc2)n1. The van der Waals surface area contributed by atoms with E-state index in [-0.39, 0.29) is 0 Å². The van der Waals surface area contributed by atoms with Gasteiger partial charge < -0.3 is 20.1 Å². The summed E-state index contributed by atoms with van der Waals surface area (Å²) in [4.78, 5) is 4.45. The summed E-state index contributed by atoms with van der Waals surface area (Å²) < 4.78 is 11.2. The first kappa shape index (κ1) is 19.2. The summed E-state index contributed by atoms with van der Waals surface area (Å²) >= 11 is 0. The van der Waals surface area contributed by atoms with Crippen LogP contribution < -0.4 is 20.1 Å². The van der Waals surface area contributed by atoms with Gasteiger partial charge in [-0.15, -0.1) is 5.10 Å². The van der Waals surface area contributed by atoms with Crippen molar-refractivity contribution in [3.05, 3.63) is 90.6 Å². The Morgan fingerprint density at radius 2 is 1.60 bits per heavy atom. The fourth-order valence-electron chi connectivity index (χ4n) is 2.81. The zero-order chi connectivity index (χ0) is 20.6. The number of nitrogens with one attached hydrogen (secondary N) is 2. The Labute approximate surface area is 174 Å². The van der Waals surface area contributed by atoms with Crippen molar-refractivity contribution in [2.45, 2.75) is 6.61 Å². The summed E-state index contributed by atoms with van der Waals surface area (Å²) in [6, 6.07) is 25.3. The second kappa shape index (κ2) is 9.38. The maximum absolute atomic E-state index is 5.81. The lowest BCUT2D eigenvalue weighted by molar-refractivity contribution is 0.306. The lowest BCUT2D eigenvalue weighted by Crippen LogP contribution is -2.03. The first-order valence-electron chi connectivity index (χ1n) is 9.44. The van der Waals surface area contributed by atoms with Crippen LogP contribution in [0.2, 0.25) is 0 Å². The Morgan fingerprint density at radius 3 is 2.40 bits per heavy atom. The minimum atomic E-state index is 0.382. The maximum Gasteiger partial charge on any atom is 0.249 e. The molecule has 1 heterocycles. The van der Waals surface area contributed by atoms with Gasteiger partial charge in [-0.1, -0.05) is 42.5 Å². The number of benzene rings is 3. The summed E-state index contributed by atoms with van der Waals surface area (Å²) in [6.07, 6.45) is 1.55. The van der Waals surface area contributed by atoms with Crippen LogP contribution in [0, 0.1) is 0 Å². The van der Waals surface area contributed by atoms with E-state index < -0.39 is 0 Å². The van der Waals surface area contributed by atoms with Crippen LogP contribution in [-0.2, 0) is 6.61 Å². The average molecular weight is 399 g/mol. The number of methoxy groups -OCH3 is 1. The molecule has 1 aromatic heterocycles. The van der Waals surface area contributed by atoms with E-state index in [9.17, 15) is 0 Å². The van der Waals surface area contributed by atoms with E-state index in [4.69, 9.17) is 9.47 Å². The lowest BCUT2D eigenvalue weighted by Gasteiger charge is -2.11. The van der Waals surface area contributed by atoms with Crippen molar-refractivity contribution >= 4 is 23.1 Å². The zero-order valence-electron chi connectivity index (χ0n) is 16.4. The predicted octanol–water partition coefficient (Wildman–Crippen LogP) is 4.95. The van der Waals surface area contributed by atoms with Crippen LogP contribution in [0.15, 0.2) is 85.1 Å². The van der Waals surface area contributed by atoms with Crippen molar-refractivity contribution in [2.24, 2.45) is 0 Å². The van der Waals surface area contributed by atoms with Gasteiger partial charge in [-0.05, 0) is 42.0 Å². The van der Waals surface area contributed by atoms with E-state index in [0.717, 1.165) is 28.4 Å². The standard InChI is InChI=1S/C23H21N5O2/c1-29-21-10-6-5-9-20(21)26-22-15-24-28-23(27-22)25-18-11-13-19(14-12-18)30-16-17-7-3-2-4-8-17/h2-15H,16H2,1H3,(H2,25,26,27,28). The number of aromatic nitrogens is 3. The number of hydrogen-bond acceptors (Lipinski definition) is 7. The predicted molar refractivity (Wildman–Crippen MR) is 117 cm³/mol. The molecule has 0 amide bonds. The minimum Gasteiger partial charge on any atom is -0.495 e. The molecule has 2 N–H and O–H groups in total. The molecule has 7 heteroatoms. The highest BCUT2D eigenvalue weighted by Crippen LogP contribution is 2.26. The molecule has 0 radical (unpaired) electrons. The van der Waals surface area contributed by atoms with Crippen molar-refractivity contribution in [3.63, 3.8) is 0 Å². The zero-order valence-corrected chi connectivity index (χ0v) is 16.4. The third-order valence-corrected chi connectivity index (χ3v) is 4.29. The first-order chi connectivity index (χ1) is 14.8. The highest BCUT2D eigenvalue weighted by molar-refractivity contribution is 5.64. The van der Waals surface area contributed by atoms with Crippen molar-refractivity contribution in [3.8, 4) is 11.5 Å². The fourth-order valence-corrected chi connectivity index (χ4v) is 2.81. The van der Waals surface area contributed by atoms with Crippen molar-refractivity contribution in [2.75, 3.05) is 17.7 Å². The van der Waals surface area contributed by atoms with Gasteiger partial charge in [-0.2, -0.15) is 10.1 Å². The number of rotatable bonds is 8. The summed E-state index contributed by atoms with van der Waals surface area (Å²) in [5.41, 5.74) is 2.75. The van der Waals surface area contributed by atoms with E-state index >= 15 is 0 Å². The molecular weight excluding hydrogens is 378 g/mol. The molecule has 0 aliphatic rings. The Balaban J connectivity index is 1.39. The fraction of sp³-hybridized carbons (Fsp3) is 0.0870. The monoisotopic (exact) mass is 399 g/mol. The van der Waals surface area contributed by atoms with Gasteiger partial charge in [-0.3, -0.25) is 0 Å². The van der Waals surface area contributed by atoms with Gasteiger partial charge in [0, 0.05) is 5.69 Å². The molecule has 0 bridgehead atoms. The lowest BCUT2D eigenvalue weighted by atomic mass is 10.2. The van der Waals surface area contributed by atoms with Crippen LogP contribution in [0.3, 0.4) is 0 Å². The molecule has 0 atom stereocenters. The van der Waals surface area contributed by atoms with Gasteiger partial charge >= 0.3 is 0 Å². The van der Waals surface area contributed by atoms with Crippen LogP contribution in [0.25, 0.3) is 0 Å². The molecule has 0 unspecified atom stereocenters. The van der Waals surface area contributed by atoms with E-state index in [0.29, 0.717) is 18.4 Å². The Hall–Kier alpha value is -4.13. The molecule has 0 spiro atoms. The van der Waals surface area contributed by atoms with E-state index in [1.807, 2.05) is 78.9 Å². The third-order valence-electron chi connectivity index (χ3n) is 4.29. The van der Waals surface area contributed by atoms with Crippen molar-refractivity contribution in [1.82, 2.24) is 15.2 Å². The second-order valence-corrected chi connectivity index (χ2v) is 6.41. The summed E-state index contributed by atoms with van der Waals surface area (Å²) in [5.74, 6) is 2.44. The van der Waals surface area contributed by atoms with Gasteiger partial charge in [0.2, 0.25) is 5.95 Å². The first-order valence-corrected chi connectivity index (χ1v) is 9.44. The van der Waals surface area contributed by atoms with E-state index in [1.54, 1.807) is 13.3 Å². The summed E-state index contributed by atoms with van der Waals surface area (Å²) in [5, 5.41) is 14.4. The minimum absolute atomic E-state index is 0.382. The van der Waals surface area contributed by atoms with E-state index in [2.05, 4.69) is 25.8 Å². The topological polar surface area (TPSA) is 81.2 Å². The Kier molecular flexibility index (Phi) is 6.00. The Morgan fingerprint density at radius 1 is 0.833 bits per heavy atom. The molecular formula is C23H21N5O2. The molecule has 0 aliphatic heterocycles. The molecule has 7 nitrogen and oxygen atoms in total. The Bertz CT molecular complexity index is 1090. The average Bonchev–Trinajstić information content (AvgIpc) is 2.80. The van der Waals surface area contributed by atoms with Crippen LogP contribution in [0.1, 0.15) is 5.56 Å². The quantitative estimate of drug-likeness (QED) is 0.434. The van der Waals surface area contributed by atoms with Crippen LogP contribution in [-0.4, -0.2) is 22.3 Å². The summed E-state index contributed by atoms with van der Waals surface area (Å²) in [6.45, 7) is 0.525. The van der Waals surface area contributed by atoms with E-state index in [1.165, 1.54) is 0 Å². The van der Waals surface area contributed by atoms with Crippen LogP contribution >= 0.6 is 0 Å². The molecule has 150 valence electrons. The highest BCUT2D eigenvalue weighted by atomic mass is 16.5. The van der Waals surface area contributed by atoms with Crippen LogP contribution in [0.5, 0.6) is 11.5 Å². The molecule has 0 fully saturated rings. The number of nitrogens with zero attached hydrogens (tertiary/aromatic N) is 3. The molecule has 3 aromatic carbocycles. The van der Waals surface area contributed by atoms with Gasteiger partial charge in [0.05, 0.1) is 19.0 Å². The largest absolute Gasteiger partial charge is 0.495 e. The normalized spacial score (nSPS) is 10.3. The summed E-state index contributed by atoms with van der Waals surface area (Å²) in [7, 11) is 1.62. The number of hydrogen-bond donors (Lipinski definition) is 2. The molecule has 4 aromatic rings. The maximum atomic E-state index is 5.81. The van der Waals surface area contributed by atoms with Crippen LogP contribution in [0.4, 0.5) is 23.1 Å². The smallest absolute Gasteiger partial charge is 0.249 e. The van der Waals surface area contributed by atoms with Gasteiger partial charge in [-0.25, -0.2) is 0 Å². The van der Waals surface area contributed by atoms with Gasteiger partial charge in [0.15, 0.2) is 5.82 Å². The van der Waals surface area contributed by atoms with Crippen molar-refractivity contribution in [1.29, 1.82) is 0 Å². The van der Waals surface area contributed by atoms with Gasteiger partial charge in [0.25, 0.3) is 0 Å². The third kappa shape index (κ3) is 5.02. The molecule has 0 saturated heterocycles. The molecule has 30 heavy (non-hydrogen) atoms. The highest BCUT2D eigenvalue weighted by Gasteiger charge is 2.06. The number of ether oxygens (including phenoxy) is 2. The second-order valence-electron chi connectivity index (χ2n) is 6.41. The molecule has 0 saturated carbocycles. The number of anilines is 4. The van der Waals surface area contributed by atoms with Gasteiger partial charge in [0.1, 0.15) is 18.1 Å². The molecule has 0 aliphatic carbocycles.